The van der Waals surface area contributed by atoms with Crippen LogP contribution in [-0.2, 0) is 13.0 Å². The number of aryl methyl sites for hydroxylation is 2. The van der Waals surface area contributed by atoms with E-state index in [2.05, 4.69) is 9.72 Å². The third-order valence-corrected chi connectivity index (χ3v) is 4.94. The van der Waals surface area contributed by atoms with E-state index in [0.29, 0.717) is 18.6 Å². The summed E-state index contributed by atoms with van der Waals surface area (Å²) in [5, 5.41) is 11.1. The average molecular weight is 442 g/mol. The quantitative estimate of drug-likeness (QED) is 0.445. The van der Waals surface area contributed by atoms with Gasteiger partial charge in [0.1, 0.15) is 5.75 Å². The summed E-state index contributed by atoms with van der Waals surface area (Å²) in [4.78, 5) is 17.2. The highest BCUT2D eigenvalue weighted by atomic mass is 19.3. The SMILES string of the molecule is O=c1c(-c2cccc(OC(F)C(F)F)c2)c(O)[n+](CCc2cccnc2)c2ccccn12. The molecule has 0 spiro atoms. The van der Waals surface area contributed by atoms with Crippen molar-refractivity contribution >= 4 is 5.65 Å². The molecule has 0 radical (unpaired) electrons. The van der Waals surface area contributed by atoms with Crippen LogP contribution in [0.25, 0.3) is 16.8 Å². The number of aromatic hydroxyl groups is 1. The standard InChI is InChI=1S/C23H18F3N3O3/c24-20(25)21(26)32-17-7-3-6-16(13-17)19-22(30)28-11-2-1-8-18(28)29(23(19)31)12-9-15-5-4-10-27-14-15/h1-8,10-11,13-14,20-21H,9,12H2/p+1. The summed E-state index contributed by atoms with van der Waals surface area (Å²) in [7, 11) is 0. The fourth-order valence-electron chi connectivity index (χ4n) is 3.45. The van der Waals surface area contributed by atoms with Crippen molar-refractivity contribution < 1.29 is 27.6 Å². The van der Waals surface area contributed by atoms with Crippen LogP contribution in [0.4, 0.5) is 13.2 Å². The molecular weight excluding hydrogens is 423 g/mol. The van der Waals surface area contributed by atoms with Crippen molar-refractivity contribution in [3.05, 3.63) is 89.1 Å². The summed E-state index contributed by atoms with van der Waals surface area (Å²) in [6.45, 7) is 0.340. The maximum Gasteiger partial charge on any atom is 0.354 e. The number of rotatable bonds is 7. The predicted molar refractivity (Wildman–Crippen MR) is 110 cm³/mol. The second-order valence-electron chi connectivity index (χ2n) is 7.03. The first kappa shape index (κ1) is 21.4. The Hall–Kier alpha value is -3.88. The molecule has 3 aromatic heterocycles. The highest BCUT2D eigenvalue weighted by molar-refractivity contribution is 5.68. The van der Waals surface area contributed by atoms with E-state index < -0.39 is 18.3 Å². The first-order valence-electron chi connectivity index (χ1n) is 9.80. The summed E-state index contributed by atoms with van der Waals surface area (Å²) >= 11 is 0. The lowest BCUT2D eigenvalue weighted by molar-refractivity contribution is -0.679. The van der Waals surface area contributed by atoms with Gasteiger partial charge in [0.05, 0.1) is 12.7 Å². The van der Waals surface area contributed by atoms with Crippen LogP contribution in [0.3, 0.4) is 0 Å². The van der Waals surface area contributed by atoms with E-state index in [1.807, 2.05) is 12.1 Å². The predicted octanol–water partition coefficient (Wildman–Crippen LogP) is 3.54. The van der Waals surface area contributed by atoms with Crippen LogP contribution < -0.4 is 14.9 Å². The van der Waals surface area contributed by atoms with Crippen LogP contribution >= 0.6 is 0 Å². The number of hydrogen-bond acceptors (Lipinski definition) is 4. The highest BCUT2D eigenvalue weighted by Crippen LogP contribution is 2.28. The molecule has 0 fully saturated rings. The topological polar surface area (TPSA) is 67.7 Å². The largest absolute Gasteiger partial charge is 0.477 e. The van der Waals surface area contributed by atoms with Crippen LogP contribution in [-0.4, -0.2) is 27.3 Å². The lowest BCUT2D eigenvalue weighted by Gasteiger charge is -2.13. The minimum Gasteiger partial charge on any atom is -0.477 e. The molecule has 1 atom stereocenters. The Labute approximate surface area is 180 Å². The van der Waals surface area contributed by atoms with Crippen LogP contribution in [0.15, 0.2) is 78.0 Å². The molecule has 0 aliphatic rings. The molecule has 32 heavy (non-hydrogen) atoms. The first-order valence-corrected chi connectivity index (χ1v) is 9.80. The molecule has 0 aliphatic heterocycles. The normalized spacial score (nSPS) is 12.2. The number of benzene rings is 1. The molecule has 1 unspecified atom stereocenters. The van der Waals surface area contributed by atoms with Crippen LogP contribution in [0.5, 0.6) is 11.6 Å². The third-order valence-electron chi connectivity index (χ3n) is 4.94. The maximum atomic E-state index is 13.3. The maximum absolute atomic E-state index is 13.3. The smallest absolute Gasteiger partial charge is 0.354 e. The molecule has 1 aromatic carbocycles. The Morgan fingerprint density at radius 1 is 1.09 bits per heavy atom. The summed E-state index contributed by atoms with van der Waals surface area (Å²) in [5.41, 5.74) is 1.05. The Balaban J connectivity index is 1.81. The van der Waals surface area contributed by atoms with Gasteiger partial charge in [-0.05, 0) is 29.8 Å². The second kappa shape index (κ2) is 9.09. The number of fused-ring (bicyclic) bond motifs is 1. The number of nitrogens with zero attached hydrogens (tertiary/aromatic N) is 3. The van der Waals surface area contributed by atoms with Crippen molar-refractivity contribution in [3.63, 3.8) is 0 Å². The number of aromatic nitrogens is 3. The molecule has 9 heteroatoms. The number of hydrogen-bond donors (Lipinski definition) is 1. The minimum atomic E-state index is -3.31. The number of ether oxygens (including phenoxy) is 1. The van der Waals surface area contributed by atoms with E-state index in [1.165, 1.54) is 28.7 Å². The van der Waals surface area contributed by atoms with Crippen LogP contribution in [0.1, 0.15) is 5.56 Å². The van der Waals surface area contributed by atoms with Gasteiger partial charge in [0, 0.05) is 30.4 Å². The van der Waals surface area contributed by atoms with E-state index >= 15 is 0 Å². The molecule has 164 valence electrons. The summed E-state index contributed by atoms with van der Waals surface area (Å²) in [5.74, 6) is -0.484. The molecule has 6 nitrogen and oxygen atoms in total. The Kier molecular flexibility index (Phi) is 6.07. The Morgan fingerprint density at radius 3 is 2.69 bits per heavy atom. The lowest BCUT2D eigenvalue weighted by atomic mass is 10.1. The fourth-order valence-corrected chi connectivity index (χ4v) is 3.45. The van der Waals surface area contributed by atoms with Gasteiger partial charge in [-0.2, -0.15) is 13.4 Å². The Bertz CT molecular complexity index is 1300. The molecule has 4 rings (SSSR count). The monoisotopic (exact) mass is 442 g/mol. The van der Waals surface area contributed by atoms with Gasteiger partial charge < -0.3 is 9.84 Å². The lowest BCUT2D eigenvalue weighted by Crippen LogP contribution is -2.41. The van der Waals surface area contributed by atoms with Gasteiger partial charge in [0.25, 0.3) is 17.9 Å². The van der Waals surface area contributed by atoms with E-state index in [0.717, 1.165) is 5.56 Å². The number of alkyl halides is 3. The van der Waals surface area contributed by atoms with Crippen LogP contribution in [0, 0.1) is 0 Å². The zero-order chi connectivity index (χ0) is 22.7. The molecule has 1 N–H and O–H groups in total. The molecule has 0 saturated carbocycles. The first-order chi connectivity index (χ1) is 15.5. The van der Waals surface area contributed by atoms with Crippen LogP contribution in [0.2, 0.25) is 0 Å². The van der Waals surface area contributed by atoms with Crippen molar-refractivity contribution in [1.29, 1.82) is 0 Å². The molecule has 0 bridgehead atoms. The molecule has 4 aromatic rings. The molecule has 0 aliphatic carbocycles. The summed E-state index contributed by atoms with van der Waals surface area (Å²) < 4.78 is 46.0. The van der Waals surface area contributed by atoms with Crippen molar-refractivity contribution in [3.8, 4) is 22.8 Å². The van der Waals surface area contributed by atoms with Gasteiger partial charge in [0.2, 0.25) is 0 Å². The number of halogens is 3. The van der Waals surface area contributed by atoms with E-state index in [4.69, 9.17) is 0 Å². The van der Waals surface area contributed by atoms with E-state index in [-0.39, 0.29) is 22.8 Å². The average Bonchev–Trinajstić information content (AvgIpc) is 2.80. The van der Waals surface area contributed by atoms with E-state index in [9.17, 15) is 23.1 Å². The second-order valence-corrected chi connectivity index (χ2v) is 7.03. The fraction of sp³-hybridized carbons (Fsp3) is 0.174. The van der Waals surface area contributed by atoms with Gasteiger partial charge in [-0.15, -0.1) is 0 Å². The van der Waals surface area contributed by atoms with Crippen molar-refractivity contribution in [2.45, 2.75) is 25.7 Å². The molecular formula is C23H19F3N3O3+. The van der Waals surface area contributed by atoms with Gasteiger partial charge in [0.15, 0.2) is 5.56 Å². The summed E-state index contributed by atoms with van der Waals surface area (Å²) in [6, 6.07) is 14.3. The Morgan fingerprint density at radius 2 is 1.94 bits per heavy atom. The zero-order valence-electron chi connectivity index (χ0n) is 16.7. The minimum absolute atomic E-state index is 0.0576. The van der Waals surface area contributed by atoms with Gasteiger partial charge in [-0.3, -0.25) is 4.98 Å². The number of pyridine rings is 2. The van der Waals surface area contributed by atoms with Gasteiger partial charge in [-0.1, -0.05) is 24.3 Å². The van der Waals surface area contributed by atoms with Gasteiger partial charge in [-0.25, -0.2) is 13.6 Å². The van der Waals surface area contributed by atoms with E-state index in [1.54, 1.807) is 41.4 Å². The zero-order valence-corrected chi connectivity index (χ0v) is 16.7. The van der Waals surface area contributed by atoms with Crippen molar-refractivity contribution in [1.82, 2.24) is 9.38 Å². The molecule has 0 saturated heterocycles. The third kappa shape index (κ3) is 4.27. The highest BCUT2D eigenvalue weighted by Gasteiger charge is 2.26. The van der Waals surface area contributed by atoms with Crippen molar-refractivity contribution in [2.75, 3.05) is 0 Å². The van der Waals surface area contributed by atoms with Crippen molar-refractivity contribution in [2.24, 2.45) is 0 Å². The molecule has 3 heterocycles. The summed E-state index contributed by atoms with van der Waals surface area (Å²) in [6.07, 6.45) is -0.637. The van der Waals surface area contributed by atoms with Gasteiger partial charge >= 0.3 is 12.0 Å². The molecule has 0 amide bonds.